The average molecular weight is 357 g/mol. The minimum Gasteiger partial charge on any atom is -0.455 e. The molecule has 2 aromatic rings. The molecule has 0 atom stereocenters. The molecule has 0 aliphatic carbocycles. The van der Waals surface area contributed by atoms with E-state index in [2.05, 4.69) is 31.9 Å². The maximum Gasteiger partial charge on any atom is 0.150 e. The Morgan fingerprint density at radius 1 is 0.941 bits per heavy atom. The number of nitrogens with two attached hydrogens (primary N) is 1. The molecule has 0 fully saturated rings. The normalized spacial score (nSPS) is 10.3. The third kappa shape index (κ3) is 3.01. The van der Waals surface area contributed by atoms with Crippen molar-refractivity contribution in [1.82, 2.24) is 0 Å². The Hall–Kier alpha value is -1.00. The van der Waals surface area contributed by atoms with E-state index in [0.29, 0.717) is 11.4 Å². The van der Waals surface area contributed by atoms with E-state index in [0.717, 1.165) is 20.3 Å². The van der Waals surface area contributed by atoms with Gasteiger partial charge in [0.2, 0.25) is 0 Å². The lowest BCUT2D eigenvalue weighted by Crippen LogP contribution is -1.93. The van der Waals surface area contributed by atoms with Gasteiger partial charge in [-0.3, -0.25) is 0 Å². The van der Waals surface area contributed by atoms with E-state index in [-0.39, 0.29) is 0 Å². The summed E-state index contributed by atoms with van der Waals surface area (Å²) in [5.74, 6) is 1.46. The van der Waals surface area contributed by atoms with Crippen molar-refractivity contribution in [3.05, 3.63) is 50.9 Å². The van der Waals surface area contributed by atoms with Crippen LogP contribution in [0.1, 0.15) is 5.56 Å². The first kappa shape index (κ1) is 12.5. The van der Waals surface area contributed by atoms with E-state index in [1.165, 1.54) is 0 Å². The Bertz CT molecular complexity index is 555. The molecule has 0 spiro atoms. The average Bonchev–Trinajstić information content (AvgIpc) is 2.27. The summed E-state index contributed by atoms with van der Waals surface area (Å²) in [5, 5.41) is 0. The maximum atomic E-state index is 5.89. The van der Waals surface area contributed by atoms with Crippen molar-refractivity contribution in [3.8, 4) is 11.5 Å². The standard InChI is InChI=1S/C13H11Br2NO/c1-8-2-3-10(15)7-13(8)17-12-5-4-9(14)6-11(12)16/h2-7H,16H2,1H3. The van der Waals surface area contributed by atoms with Crippen LogP contribution in [-0.2, 0) is 0 Å². The molecule has 0 saturated heterocycles. The van der Waals surface area contributed by atoms with Crippen LogP contribution in [-0.4, -0.2) is 0 Å². The van der Waals surface area contributed by atoms with Crippen LogP contribution in [0.15, 0.2) is 45.3 Å². The van der Waals surface area contributed by atoms with E-state index in [1.807, 2.05) is 43.3 Å². The highest BCUT2D eigenvalue weighted by Crippen LogP contribution is 2.32. The molecule has 0 aliphatic rings. The van der Waals surface area contributed by atoms with Gasteiger partial charge in [-0.25, -0.2) is 0 Å². The summed E-state index contributed by atoms with van der Waals surface area (Å²) >= 11 is 6.79. The highest BCUT2D eigenvalue weighted by Gasteiger charge is 2.05. The fourth-order valence-electron chi connectivity index (χ4n) is 1.41. The number of anilines is 1. The Kier molecular flexibility index (Phi) is 3.74. The number of nitrogen functional groups attached to an aromatic ring is 1. The fourth-order valence-corrected chi connectivity index (χ4v) is 2.13. The van der Waals surface area contributed by atoms with Gasteiger partial charge in [-0.05, 0) is 42.8 Å². The first-order valence-electron chi connectivity index (χ1n) is 5.05. The highest BCUT2D eigenvalue weighted by atomic mass is 79.9. The summed E-state index contributed by atoms with van der Waals surface area (Å²) in [6.45, 7) is 2.00. The number of halogens is 2. The van der Waals surface area contributed by atoms with Crippen molar-refractivity contribution >= 4 is 37.5 Å². The number of rotatable bonds is 2. The van der Waals surface area contributed by atoms with Crippen LogP contribution in [0.3, 0.4) is 0 Å². The quantitative estimate of drug-likeness (QED) is 0.777. The molecule has 0 aliphatic heterocycles. The monoisotopic (exact) mass is 355 g/mol. The van der Waals surface area contributed by atoms with Crippen LogP contribution in [0, 0.1) is 6.92 Å². The van der Waals surface area contributed by atoms with E-state index < -0.39 is 0 Å². The van der Waals surface area contributed by atoms with Crippen molar-refractivity contribution in [2.24, 2.45) is 0 Å². The molecular formula is C13H11Br2NO. The minimum absolute atomic E-state index is 0.610. The fraction of sp³-hybridized carbons (Fsp3) is 0.0769. The molecule has 4 heteroatoms. The summed E-state index contributed by atoms with van der Waals surface area (Å²) in [7, 11) is 0. The lowest BCUT2D eigenvalue weighted by Gasteiger charge is -2.11. The molecule has 2 rings (SSSR count). The van der Waals surface area contributed by atoms with Gasteiger partial charge in [0.25, 0.3) is 0 Å². The van der Waals surface area contributed by atoms with Gasteiger partial charge in [0.15, 0.2) is 0 Å². The summed E-state index contributed by atoms with van der Waals surface area (Å²) in [6.07, 6.45) is 0. The van der Waals surface area contributed by atoms with Gasteiger partial charge in [-0.15, -0.1) is 0 Å². The Morgan fingerprint density at radius 3 is 2.29 bits per heavy atom. The third-order valence-corrected chi connectivity index (χ3v) is 3.33. The predicted molar refractivity (Wildman–Crippen MR) is 77.5 cm³/mol. The lowest BCUT2D eigenvalue weighted by molar-refractivity contribution is 0.481. The van der Waals surface area contributed by atoms with Crippen LogP contribution >= 0.6 is 31.9 Å². The summed E-state index contributed by atoms with van der Waals surface area (Å²) in [6, 6.07) is 11.5. The van der Waals surface area contributed by atoms with Crippen LogP contribution in [0.5, 0.6) is 11.5 Å². The SMILES string of the molecule is Cc1ccc(Br)cc1Oc1ccc(Br)cc1N. The molecule has 0 radical (unpaired) electrons. The zero-order valence-corrected chi connectivity index (χ0v) is 12.4. The minimum atomic E-state index is 0.610. The second-order valence-corrected chi connectivity index (χ2v) is 5.53. The summed E-state index contributed by atoms with van der Waals surface area (Å²) in [4.78, 5) is 0. The van der Waals surface area contributed by atoms with Crippen molar-refractivity contribution < 1.29 is 4.74 Å². The molecule has 2 aromatic carbocycles. The number of benzene rings is 2. The number of hydrogen-bond donors (Lipinski definition) is 1. The van der Waals surface area contributed by atoms with Crippen LogP contribution in [0.2, 0.25) is 0 Å². The van der Waals surface area contributed by atoms with Gasteiger partial charge >= 0.3 is 0 Å². The van der Waals surface area contributed by atoms with E-state index in [4.69, 9.17) is 10.5 Å². The van der Waals surface area contributed by atoms with E-state index in [9.17, 15) is 0 Å². The largest absolute Gasteiger partial charge is 0.455 e. The van der Waals surface area contributed by atoms with E-state index >= 15 is 0 Å². The van der Waals surface area contributed by atoms with Crippen LogP contribution in [0.25, 0.3) is 0 Å². The summed E-state index contributed by atoms with van der Waals surface area (Å²) in [5.41, 5.74) is 7.57. The van der Waals surface area contributed by atoms with Gasteiger partial charge in [0.1, 0.15) is 11.5 Å². The first-order chi connectivity index (χ1) is 8.06. The van der Waals surface area contributed by atoms with Crippen LogP contribution in [0.4, 0.5) is 5.69 Å². The topological polar surface area (TPSA) is 35.2 Å². The van der Waals surface area contributed by atoms with Gasteiger partial charge in [-0.1, -0.05) is 37.9 Å². The first-order valence-corrected chi connectivity index (χ1v) is 6.64. The lowest BCUT2D eigenvalue weighted by atomic mass is 10.2. The Morgan fingerprint density at radius 2 is 1.59 bits per heavy atom. The molecule has 2 N–H and O–H groups in total. The molecule has 0 saturated carbocycles. The smallest absolute Gasteiger partial charge is 0.150 e. The van der Waals surface area contributed by atoms with Crippen LogP contribution < -0.4 is 10.5 Å². The Labute approximate surface area is 117 Å². The predicted octanol–water partition coefficient (Wildman–Crippen LogP) is 4.89. The van der Waals surface area contributed by atoms with Gasteiger partial charge < -0.3 is 10.5 Å². The van der Waals surface area contributed by atoms with Gasteiger partial charge in [0, 0.05) is 8.95 Å². The number of ether oxygens (including phenoxy) is 1. The maximum absolute atomic E-state index is 5.89. The number of hydrogen-bond acceptors (Lipinski definition) is 2. The van der Waals surface area contributed by atoms with Crippen molar-refractivity contribution in [2.45, 2.75) is 6.92 Å². The molecule has 0 heterocycles. The molecule has 0 bridgehead atoms. The number of aryl methyl sites for hydroxylation is 1. The molecule has 0 amide bonds. The molecule has 88 valence electrons. The molecule has 0 aromatic heterocycles. The van der Waals surface area contributed by atoms with Crippen molar-refractivity contribution in [1.29, 1.82) is 0 Å². The zero-order chi connectivity index (χ0) is 12.4. The second-order valence-electron chi connectivity index (χ2n) is 3.69. The molecule has 17 heavy (non-hydrogen) atoms. The molecule has 2 nitrogen and oxygen atoms in total. The second kappa shape index (κ2) is 5.10. The Balaban J connectivity index is 2.34. The van der Waals surface area contributed by atoms with Crippen molar-refractivity contribution in [2.75, 3.05) is 5.73 Å². The van der Waals surface area contributed by atoms with E-state index in [1.54, 1.807) is 0 Å². The van der Waals surface area contributed by atoms with Gasteiger partial charge in [0.05, 0.1) is 5.69 Å². The van der Waals surface area contributed by atoms with Crippen molar-refractivity contribution in [3.63, 3.8) is 0 Å². The zero-order valence-electron chi connectivity index (χ0n) is 9.21. The molecule has 0 unspecified atom stereocenters. The summed E-state index contributed by atoms with van der Waals surface area (Å²) < 4.78 is 7.72. The molecular weight excluding hydrogens is 346 g/mol. The highest BCUT2D eigenvalue weighted by molar-refractivity contribution is 9.10. The third-order valence-electron chi connectivity index (χ3n) is 2.34. The van der Waals surface area contributed by atoms with Gasteiger partial charge in [-0.2, -0.15) is 0 Å².